The number of pyridine rings is 4. The van der Waals surface area contributed by atoms with Crippen molar-refractivity contribution in [1.29, 1.82) is 0 Å². The van der Waals surface area contributed by atoms with Gasteiger partial charge >= 0.3 is 12.4 Å². The van der Waals surface area contributed by atoms with Crippen molar-refractivity contribution < 1.29 is 71.7 Å². The second-order valence-corrected chi connectivity index (χ2v) is 20.5. The normalized spacial score (nSPS) is 12.4. The summed E-state index contributed by atoms with van der Waals surface area (Å²) in [5, 5.41) is 3.11. The van der Waals surface area contributed by atoms with Crippen molar-refractivity contribution in [2.24, 2.45) is 14.1 Å². The Bertz CT molecular complexity index is 2980. The molecule has 0 saturated heterocycles. The summed E-state index contributed by atoms with van der Waals surface area (Å²) >= 11 is 5.81. The van der Waals surface area contributed by atoms with E-state index in [1.807, 2.05) is 27.7 Å². The zero-order chi connectivity index (χ0) is 54.3. The average molecular weight is 1060 g/mol. The summed E-state index contributed by atoms with van der Waals surface area (Å²) in [7, 11) is 2.63. The predicted molar refractivity (Wildman–Crippen MR) is 260 cm³/mol. The van der Waals surface area contributed by atoms with Gasteiger partial charge in [0.25, 0.3) is 11.4 Å². The number of amides is 1. The molecule has 0 saturated carbocycles. The molecule has 2 aromatic carbocycles. The molecule has 0 aliphatic rings. The molecule has 6 rings (SSSR count). The van der Waals surface area contributed by atoms with Crippen LogP contribution < -0.4 is 23.6 Å². The van der Waals surface area contributed by atoms with Crippen molar-refractivity contribution in [3.05, 3.63) is 154 Å². The van der Waals surface area contributed by atoms with Gasteiger partial charge in [0, 0.05) is 84.1 Å². The molecular weight excluding hydrogens is 1000 g/mol. The van der Waals surface area contributed by atoms with E-state index in [1.54, 1.807) is 52.7 Å². The molecule has 0 spiro atoms. The van der Waals surface area contributed by atoms with Gasteiger partial charge in [0.2, 0.25) is 17.3 Å². The van der Waals surface area contributed by atoms with E-state index in [4.69, 9.17) is 16.3 Å². The SMILES string of the molecule is Cc1cc[n+](Cc2cc(F)cc(F)c2-c2ccc(C(F)(F)F)c[n+]2C)c(-c2cc(CCC(=O)NC(C)(C)CCOC(C)(C)CCCCCCCl)cc[n+]2Cc2cc(F)cc(F)c2-c2ccc(C(F)(F)F)c[n+]2C)c1. The number of carbonyl (C=O) groups is 1. The fourth-order valence-electron chi connectivity index (χ4n) is 9.01. The zero-order valence-corrected chi connectivity index (χ0v) is 43.2. The third kappa shape index (κ3) is 15.1. The molecule has 74 heavy (non-hydrogen) atoms. The maximum atomic E-state index is 16.1. The summed E-state index contributed by atoms with van der Waals surface area (Å²) in [5.41, 5.74) is -0.912. The zero-order valence-electron chi connectivity index (χ0n) is 42.5. The van der Waals surface area contributed by atoms with Crippen molar-refractivity contribution in [2.75, 3.05) is 12.5 Å². The smallest absolute Gasteiger partial charge is 0.375 e. The molecule has 1 amide bonds. The summed E-state index contributed by atoms with van der Waals surface area (Å²) in [6, 6.07) is 14.3. The van der Waals surface area contributed by atoms with Gasteiger partial charge in [-0.1, -0.05) is 19.3 Å². The molecule has 6 aromatic rings. The second-order valence-electron chi connectivity index (χ2n) is 20.1. The Balaban J connectivity index is 1.38. The number of alkyl halides is 7. The van der Waals surface area contributed by atoms with E-state index >= 15 is 17.6 Å². The Hall–Kier alpha value is -5.94. The molecule has 0 radical (unpaired) electrons. The lowest BCUT2D eigenvalue weighted by Crippen LogP contribution is -2.45. The van der Waals surface area contributed by atoms with Crippen LogP contribution in [0, 0.1) is 30.2 Å². The molecular formula is C56H62ClF10N5O2+4. The van der Waals surface area contributed by atoms with E-state index in [0.29, 0.717) is 48.0 Å². The van der Waals surface area contributed by atoms with Crippen molar-refractivity contribution in [2.45, 2.75) is 123 Å². The quantitative estimate of drug-likeness (QED) is 0.0338. The van der Waals surface area contributed by atoms with E-state index in [2.05, 4.69) is 5.32 Å². The lowest BCUT2D eigenvalue weighted by atomic mass is 9.98. The Morgan fingerprint density at radius 3 is 1.62 bits per heavy atom. The number of hydrogen-bond donors (Lipinski definition) is 1. The van der Waals surface area contributed by atoms with Crippen LogP contribution in [0.3, 0.4) is 0 Å². The third-order valence-corrected chi connectivity index (χ3v) is 13.2. The number of carbonyl (C=O) groups excluding carboxylic acids is 1. The lowest BCUT2D eigenvalue weighted by Gasteiger charge is -2.30. The molecule has 4 aromatic heterocycles. The van der Waals surface area contributed by atoms with Crippen LogP contribution in [-0.4, -0.2) is 29.5 Å². The minimum absolute atomic E-state index is 0.0186. The van der Waals surface area contributed by atoms with Gasteiger partial charge in [-0.2, -0.15) is 35.5 Å². The van der Waals surface area contributed by atoms with Crippen LogP contribution in [-0.2, 0) is 55.5 Å². The first kappa shape index (κ1) is 57.3. The summed E-state index contributed by atoms with van der Waals surface area (Å²) in [5.74, 6) is -3.54. The van der Waals surface area contributed by atoms with Gasteiger partial charge in [-0.25, -0.2) is 26.7 Å². The van der Waals surface area contributed by atoms with Gasteiger partial charge in [0.15, 0.2) is 37.9 Å². The van der Waals surface area contributed by atoms with Crippen LogP contribution >= 0.6 is 11.6 Å². The van der Waals surface area contributed by atoms with Crippen LogP contribution in [0.1, 0.15) is 106 Å². The highest BCUT2D eigenvalue weighted by Gasteiger charge is 2.37. The van der Waals surface area contributed by atoms with Gasteiger partial charge in [-0.15, -0.1) is 11.6 Å². The van der Waals surface area contributed by atoms with Gasteiger partial charge in [0.1, 0.15) is 48.5 Å². The highest BCUT2D eigenvalue weighted by molar-refractivity contribution is 6.17. The van der Waals surface area contributed by atoms with E-state index in [9.17, 15) is 31.1 Å². The van der Waals surface area contributed by atoms with Crippen molar-refractivity contribution in [3.8, 4) is 33.9 Å². The minimum Gasteiger partial charge on any atom is -0.375 e. The van der Waals surface area contributed by atoms with Crippen LogP contribution in [0.15, 0.2) is 97.6 Å². The van der Waals surface area contributed by atoms with E-state index in [-0.39, 0.29) is 71.1 Å². The van der Waals surface area contributed by atoms with E-state index in [1.165, 1.54) is 14.1 Å². The van der Waals surface area contributed by atoms with E-state index < -0.39 is 52.3 Å². The first-order chi connectivity index (χ1) is 34.6. The number of aryl methyl sites for hydroxylation is 4. The lowest BCUT2D eigenvalue weighted by molar-refractivity contribution is -0.706. The average Bonchev–Trinajstić information content (AvgIpc) is 3.28. The van der Waals surface area contributed by atoms with Crippen molar-refractivity contribution in [3.63, 3.8) is 0 Å². The van der Waals surface area contributed by atoms with Gasteiger partial charge in [0.05, 0.1) is 16.7 Å². The van der Waals surface area contributed by atoms with Crippen molar-refractivity contribution in [1.82, 2.24) is 5.32 Å². The Kier molecular flexibility index (Phi) is 18.4. The van der Waals surface area contributed by atoms with Crippen LogP contribution in [0.5, 0.6) is 0 Å². The highest BCUT2D eigenvalue weighted by atomic mass is 35.5. The van der Waals surface area contributed by atoms with E-state index in [0.717, 1.165) is 95.6 Å². The summed E-state index contributed by atoms with van der Waals surface area (Å²) in [4.78, 5) is 13.6. The number of nitrogens with zero attached hydrogens (tertiary/aromatic N) is 4. The molecule has 4 heterocycles. The van der Waals surface area contributed by atoms with Gasteiger partial charge in [-0.05, 0) is 95.7 Å². The number of ether oxygens (including phenoxy) is 1. The second kappa shape index (κ2) is 23.7. The molecule has 0 fully saturated rings. The fourth-order valence-corrected chi connectivity index (χ4v) is 9.20. The Morgan fingerprint density at radius 1 is 0.622 bits per heavy atom. The predicted octanol–water partition coefficient (Wildman–Crippen LogP) is 12.1. The number of nitrogens with one attached hydrogen (secondary N) is 1. The van der Waals surface area contributed by atoms with Crippen LogP contribution in [0.4, 0.5) is 43.9 Å². The molecule has 0 unspecified atom stereocenters. The molecule has 396 valence electrons. The number of rotatable bonds is 21. The minimum atomic E-state index is -4.70. The molecule has 0 atom stereocenters. The Morgan fingerprint density at radius 2 is 1.12 bits per heavy atom. The maximum Gasteiger partial charge on any atom is 0.422 e. The molecule has 0 aliphatic carbocycles. The summed E-state index contributed by atoms with van der Waals surface area (Å²) < 4.78 is 157. The standard InChI is InChI=1S/C56H61ClF10N5O2/c1-36-18-23-71(32-38-28-42(58)30-44(60)51(38)46-15-13-40(34-69(46)6)55(62,63)64)48(26-36)49-27-37(12-17-50(73)68-53(2,3)21-25-74-54(4,5)20-10-8-9-11-22-57)19-24-72(49)33-39-29-43(59)31-45(61)52(39)47-16-14-41(35-70(47)7)56(65,66)67/h13-16,18-19,23-24,26-31,34-35H,8-12,17,20-22,25,32-33H2,1-7H3/q+3/p+1. The third-order valence-electron chi connectivity index (χ3n) is 12.9. The monoisotopic (exact) mass is 1060 g/mol. The fraction of sp³-hybridized carbons (Fsp3) is 0.411. The molecule has 7 nitrogen and oxygen atoms in total. The maximum absolute atomic E-state index is 16.1. The van der Waals surface area contributed by atoms with Crippen LogP contribution in [0.25, 0.3) is 33.9 Å². The number of halogens is 11. The number of unbranched alkanes of at least 4 members (excludes halogenated alkanes) is 3. The van der Waals surface area contributed by atoms with Gasteiger partial charge in [-0.3, -0.25) is 4.79 Å². The first-order valence-electron chi connectivity index (χ1n) is 24.3. The Labute approximate surface area is 430 Å². The summed E-state index contributed by atoms with van der Waals surface area (Å²) in [6.07, 6.45) is 1.34. The number of hydrogen-bond acceptors (Lipinski definition) is 2. The molecule has 18 heteroatoms. The van der Waals surface area contributed by atoms with Crippen LogP contribution in [0.2, 0.25) is 0 Å². The first-order valence-corrected chi connectivity index (χ1v) is 24.8. The highest BCUT2D eigenvalue weighted by Crippen LogP contribution is 2.34. The molecule has 0 aliphatic heterocycles. The van der Waals surface area contributed by atoms with Crippen molar-refractivity contribution >= 4 is 17.5 Å². The number of benzene rings is 2. The van der Waals surface area contributed by atoms with Gasteiger partial charge < -0.3 is 10.1 Å². The molecule has 1 N–H and O–H groups in total. The largest absolute Gasteiger partial charge is 0.422 e. The molecule has 0 bridgehead atoms. The number of aromatic nitrogens is 4. The summed E-state index contributed by atoms with van der Waals surface area (Å²) in [6.45, 7) is 9.64. The topological polar surface area (TPSA) is 53.9 Å².